The summed E-state index contributed by atoms with van der Waals surface area (Å²) in [5.41, 5.74) is 2.08. The maximum Gasteiger partial charge on any atom is 0.255 e. The number of carbonyl (C=O) groups excluding carboxylic acids is 2. The van der Waals surface area contributed by atoms with Gasteiger partial charge in [0, 0.05) is 26.3 Å². The van der Waals surface area contributed by atoms with Gasteiger partial charge in [-0.25, -0.2) is 0 Å². The number of anilines is 2. The lowest BCUT2D eigenvalue weighted by atomic mass is 10.1. The second-order valence-electron chi connectivity index (χ2n) is 7.30. The lowest BCUT2D eigenvalue weighted by molar-refractivity contribution is -0.115. The van der Waals surface area contributed by atoms with Crippen molar-refractivity contribution in [1.29, 1.82) is 0 Å². The minimum Gasteiger partial charge on any atom is -0.325 e. The molecule has 4 rings (SSSR count). The fraction of sp³-hybridized carbons (Fsp3) is 0.0769. The first-order chi connectivity index (χ1) is 15.5. The van der Waals surface area contributed by atoms with Crippen LogP contribution in [0.3, 0.4) is 0 Å². The molecule has 2 N–H and O–H groups in total. The lowest BCUT2D eigenvalue weighted by Crippen LogP contribution is -2.22. The largest absolute Gasteiger partial charge is 0.325 e. The summed E-state index contributed by atoms with van der Waals surface area (Å²) >= 11 is 4.85. The molecule has 4 aromatic carbocycles. The highest BCUT2D eigenvalue weighted by Crippen LogP contribution is 2.26. The van der Waals surface area contributed by atoms with E-state index in [9.17, 15) is 9.59 Å². The van der Waals surface area contributed by atoms with Gasteiger partial charge in [-0.3, -0.25) is 9.59 Å². The molecule has 6 heteroatoms. The summed E-state index contributed by atoms with van der Waals surface area (Å²) in [6.45, 7) is 1.87. The second kappa shape index (κ2) is 10.0. The Kier molecular flexibility index (Phi) is 6.93. The van der Waals surface area contributed by atoms with Crippen LogP contribution in [0.1, 0.15) is 17.3 Å². The van der Waals surface area contributed by atoms with Crippen LogP contribution in [-0.4, -0.2) is 17.1 Å². The number of hydrogen-bond acceptors (Lipinski definition) is 3. The summed E-state index contributed by atoms with van der Waals surface area (Å²) in [4.78, 5) is 26.0. The van der Waals surface area contributed by atoms with Crippen molar-refractivity contribution in [1.82, 2.24) is 0 Å². The predicted octanol–water partition coefficient (Wildman–Crippen LogP) is 6.97. The van der Waals surface area contributed by atoms with Crippen LogP contribution in [-0.2, 0) is 4.79 Å². The molecule has 0 saturated heterocycles. The van der Waals surface area contributed by atoms with Gasteiger partial charge in [-0.1, -0.05) is 46.3 Å². The number of rotatable bonds is 6. The molecule has 0 saturated carbocycles. The van der Waals surface area contributed by atoms with Crippen LogP contribution in [0.25, 0.3) is 10.8 Å². The first kappa shape index (κ1) is 22.1. The maximum atomic E-state index is 12.6. The van der Waals surface area contributed by atoms with E-state index in [4.69, 9.17) is 0 Å². The molecule has 0 aliphatic rings. The zero-order valence-electron chi connectivity index (χ0n) is 17.3. The normalized spacial score (nSPS) is 11.7. The smallest absolute Gasteiger partial charge is 0.255 e. The number of benzene rings is 4. The Bertz CT molecular complexity index is 1260. The minimum atomic E-state index is -0.267. The fourth-order valence-electron chi connectivity index (χ4n) is 3.19. The summed E-state index contributed by atoms with van der Waals surface area (Å²) in [6, 6.07) is 28.6. The van der Waals surface area contributed by atoms with E-state index in [2.05, 4.69) is 26.6 Å². The molecule has 0 bridgehead atoms. The summed E-state index contributed by atoms with van der Waals surface area (Å²) in [7, 11) is 0. The van der Waals surface area contributed by atoms with E-state index in [0.29, 0.717) is 11.3 Å². The Labute approximate surface area is 199 Å². The van der Waals surface area contributed by atoms with Crippen LogP contribution >= 0.6 is 27.7 Å². The number of fused-ring (bicyclic) bond motifs is 1. The highest BCUT2D eigenvalue weighted by Gasteiger charge is 2.15. The molecular formula is C26H21BrN2O2S. The third kappa shape index (κ3) is 5.58. The average molecular weight is 505 g/mol. The third-order valence-corrected chi connectivity index (χ3v) is 6.56. The van der Waals surface area contributed by atoms with Crippen molar-refractivity contribution in [3.63, 3.8) is 0 Å². The van der Waals surface area contributed by atoms with E-state index >= 15 is 0 Å². The second-order valence-corrected chi connectivity index (χ2v) is 9.63. The lowest BCUT2D eigenvalue weighted by Gasteiger charge is -2.13. The van der Waals surface area contributed by atoms with Gasteiger partial charge in [0.05, 0.1) is 5.25 Å². The first-order valence-electron chi connectivity index (χ1n) is 10.1. The Morgan fingerprint density at radius 1 is 0.781 bits per heavy atom. The van der Waals surface area contributed by atoms with Gasteiger partial charge < -0.3 is 10.6 Å². The monoisotopic (exact) mass is 504 g/mol. The predicted molar refractivity (Wildman–Crippen MR) is 136 cm³/mol. The molecule has 4 nitrogen and oxygen atoms in total. The van der Waals surface area contributed by atoms with Gasteiger partial charge >= 0.3 is 0 Å². The molecule has 0 aliphatic heterocycles. The maximum absolute atomic E-state index is 12.6. The van der Waals surface area contributed by atoms with Gasteiger partial charge in [0.15, 0.2) is 0 Å². The van der Waals surface area contributed by atoms with E-state index in [1.165, 1.54) is 11.8 Å². The third-order valence-electron chi connectivity index (χ3n) is 4.92. The SMILES string of the molecule is CC(Sc1ccc(NC(=O)c2ccc3ccccc3c2)cc1)C(=O)Nc1ccc(Br)cc1. The topological polar surface area (TPSA) is 58.2 Å². The first-order valence-corrected chi connectivity index (χ1v) is 11.8. The average Bonchev–Trinajstić information content (AvgIpc) is 2.81. The molecule has 1 atom stereocenters. The number of nitrogens with one attached hydrogen (secondary N) is 2. The molecule has 32 heavy (non-hydrogen) atoms. The number of halogens is 1. The van der Waals surface area contributed by atoms with Crippen LogP contribution < -0.4 is 10.6 Å². The van der Waals surface area contributed by atoms with Crippen LogP contribution in [0.5, 0.6) is 0 Å². The van der Waals surface area contributed by atoms with E-state index < -0.39 is 0 Å². The molecule has 4 aromatic rings. The van der Waals surface area contributed by atoms with Crippen LogP contribution in [0.2, 0.25) is 0 Å². The number of amides is 2. The molecule has 0 heterocycles. The number of thioether (sulfide) groups is 1. The van der Waals surface area contributed by atoms with E-state index in [-0.39, 0.29) is 17.1 Å². The van der Waals surface area contributed by atoms with Gasteiger partial charge in [0.25, 0.3) is 5.91 Å². The summed E-state index contributed by atoms with van der Waals surface area (Å²) in [5, 5.41) is 7.72. The van der Waals surface area contributed by atoms with Crippen LogP contribution in [0.4, 0.5) is 11.4 Å². The molecule has 0 radical (unpaired) electrons. The Morgan fingerprint density at radius 3 is 2.12 bits per heavy atom. The number of hydrogen-bond donors (Lipinski definition) is 2. The van der Waals surface area contributed by atoms with Crippen molar-refractivity contribution < 1.29 is 9.59 Å². The minimum absolute atomic E-state index is 0.0639. The summed E-state index contributed by atoms with van der Waals surface area (Å²) in [5.74, 6) is -0.218. The van der Waals surface area contributed by atoms with Gasteiger partial charge in [-0.15, -0.1) is 11.8 Å². The Balaban J connectivity index is 1.35. The van der Waals surface area contributed by atoms with E-state index in [1.54, 1.807) is 0 Å². The molecular weight excluding hydrogens is 484 g/mol. The van der Waals surface area contributed by atoms with E-state index in [1.807, 2.05) is 97.9 Å². The number of carbonyl (C=O) groups is 2. The van der Waals surface area contributed by atoms with Gasteiger partial charge in [-0.05, 0) is 78.4 Å². The Morgan fingerprint density at radius 2 is 1.41 bits per heavy atom. The molecule has 1 unspecified atom stereocenters. The van der Waals surface area contributed by atoms with Crippen molar-refractivity contribution in [3.05, 3.63) is 101 Å². The van der Waals surface area contributed by atoms with Crippen molar-refractivity contribution in [2.45, 2.75) is 17.1 Å². The molecule has 0 aliphatic carbocycles. The molecule has 0 aromatic heterocycles. The quantitative estimate of drug-likeness (QED) is 0.278. The van der Waals surface area contributed by atoms with Crippen LogP contribution in [0, 0.1) is 0 Å². The zero-order valence-corrected chi connectivity index (χ0v) is 19.7. The van der Waals surface area contributed by atoms with Crippen LogP contribution in [0.15, 0.2) is 100 Å². The van der Waals surface area contributed by atoms with Crippen molar-refractivity contribution >= 4 is 61.7 Å². The van der Waals surface area contributed by atoms with E-state index in [0.717, 1.165) is 25.8 Å². The molecule has 0 spiro atoms. The Hall–Kier alpha value is -3.09. The highest BCUT2D eigenvalue weighted by atomic mass is 79.9. The fourth-order valence-corrected chi connectivity index (χ4v) is 4.32. The van der Waals surface area contributed by atoms with Gasteiger partial charge in [0.2, 0.25) is 5.91 Å². The van der Waals surface area contributed by atoms with Crippen molar-refractivity contribution in [2.24, 2.45) is 0 Å². The summed E-state index contributed by atoms with van der Waals surface area (Å²) < 4.78 is 0.964. The highest BCUT2D eigenvalue weighted by molar-refractivity contribution is 9.10. The summed E-state index contributed by atoms with van der Waals surface area (Å²) in [6.07, 6.45) is 0. The molecule has 160 valence electrons. The molecule has 2 amide bonds. The van der Waals surface area contributed by atoms with Gasteiger partial charge in [0.1, 0.15) is 0 Å². The van der Waals surface area contributed by atoms with Crippen molar-refractivity contribution in [2.75, 3.05) is 10.6 Å². The standard InChI is InChI=1S/C26H21BrN2O2S/c1-17(25(30)28-22-10-8-21(27)9-11-22)32-24-14-12-23(13-15-24)29-26(31)20-7-6-18-4-2-3-5-19(18)16-20/h2-17H,1H3,(H,28,30)(H,29,31). The van der Waals surface area contributed by atoms with Crippen molar-refractivity contribution in [3.8, 4) is 0 Å². The molecule has 0 fully saturated rings. The zero-order chi connectivity index (χ0) is 22.5. The van der Waals surface area contributed by atoms with Gasteiger partial charge in [-0.2, -0.15) is 0 Å².